The van der Waals surface area contributed by atoms with Crippen molar-refractivity contribution in [1.29, 1.82) is 0 Å². The summed E-state index contributed by atoms with van der Waals surface area (Å²) < 4.78 is 23.5. The highest BCUT2D eigenvalue weighted by molar-refractivity contribution is 7.91. The van der Waals surface area contributed by atoms with Crippen LogP contribution in [0.2, 0.25) is 0 Å². The summed E-state index contributed by atoms with van der Waals surface area (Å²) in [5.41, 5.74) is 0.569. The van der Waals surface area contributed by atoms with Gasteiger partial charge in [0, 0.05) is 12.4 Å². The lowest BCUT2D eigenvalue weighted by Crippen LogP contribution is -2.22. The zero-order valence-electron chi connectivity index (χ0n) is 8.83. The van der Waals surface area contributed by atoms with Crippen molar-refractivity contribution in [2.45, 2.75) is 24.3 Å². The molecule has 0 aliphatic heterocycles. The molecule has 0 aliphatic rings. The molecule has 6 heteroatoms. The topological polar surface area (TPSA) is 84.3 Å². The Balaban J connectivity index is 2.76. The van der Waals surface area contributed by atoms with E-state index in [1.165, 1.54) is 13.1 Å². The van der Waals surface area contributed by atoms with E-state index in [1.807, 2.05) is 0 Å². The van der Waals surface area contributed by atoms with Gasteiger partial charge in [0.25, 0.3) is 0 Å². The number of aromatic nitrogens is 1. The molecule has 0 aromatic carbocycles. The summed E-state index contributed by atoms with van der Waals surface area (Å²) in [5.74, 6) is -1.28. The summed E-state index contributed by atoms with van der Waals surface area (Å²) in [6.45, 7) is 1.40. The van der Waals surface area contributed by atoms with Crippen LogP contribution in [0.1, 0.15) is 18.9 Å². The van der Waals surface area contributed by atoms with Crippen molar-refractivity contribution in [2.24, 2.45) is 0 Å². The molecule has 1 atom stereocenters. The van der Waals surface area contributed by atoms with Crippen LogP contribution in [-0.2, 0) is 20.4 Å². The molecule has 1 rings (SSSR count). The molecule has 0 bridgehead atoms. The molecule has 88 valence electrons. The number of carbonyl (C=O) groups is 1. The van der Waals surface area contributed by atoms with Crippen LogP contribution in [0, 0.1) is 0 Å². The van der Waals surface area contributed by atoms with Crippen molar-refractivity contribution >= 4 is 15.8 Å². The van der Waals surface area contributed by atoms with E-state index in [9.17, 15) is 13.2 Å². The zero-order valence-corrected chi connectivity index (χ0v) is 9.64. The molecule has 0 spiro atoms. The van der Waals surface area contributed by atoms with Gasteiger partial charge in [0.1, 0.15) is 0 Å². The van der Waals surface area contributed by atoms with Gasteiger partial charge in [0.2, 0.25) is 0 Å². The van der Waals surface area contributed by atoms with Gasteiger partial charge in [-0.05, 0) is 18.6 Å². The summed E-state index contributed by atoms with van der Waals surface area (Å²) in [5, 5.41) is 7.65. The largest absolute Gasteiger partial charge is 0.481 e. The molecule has 0 saturated heterocycles. The van der Waals surface area contributed by atoms with Crippen LogP contribution in [-0.4, -0.2) is 29.7 Å². The average Bonchev–Trinajstić information content (AvgIpc) is 2.17. The molecule has 1 aromatic heterocycles. The minimum Gasteiger partial charge on any atom is -0.481 e. The third-order valence-corrected chi connectivity index (χ3v) is 4.29. The van der Waals surface area contributed by atoms with Crippen molar-refractivity contribution in [3.05, 3.63) is 30.1 Å². The number of hydrogen-bond acceptors (Lipinski definition) is 4. The van der Waals surface area contributed by atoms with Gasteiger partial charge in [-0.3, -0.25) is 9.78 Å². The van der Waals surface area contributed by atoms with Crippen LogP contribution in [0.4, 0.5) is 0 Å². The Morgan fingerprint density at radius 3 is 2.75 bits per heavy atom. The molecule has 1 unspecified atom stereocenters. The van der Waals surface area contributed by atoms with E-state index in [4.69, 9.17) is 5.11 Å². The Morgan fingerprint density at radius 2 is 2.25 bits per heavy atom. The number of aliphatic carboxylic acids is 1. The maximum atomic E-state index is 11.7. The number of hydrogen-bond donors (Lipinski definition) is 1. The van der Waals surface area contributed by atoms with Crippen molar-refractivity contribution in [2.75, 3.05) is 0 Å². The van der Waals surface area contributed by atoms with Gasteiger partial charge >= 0.3 is 5.97 Å². The fraction of sp³-hybridized carbons (Fsp3) is 0.400. The molecular formula is C10H13NO4S. The van der Waals surface area contributed by atoms with Crippen LogP contribution >= 0.6 is 0 Å². The SMILES string of the molecule is CC(CC(=O)O)S(=O)(=O)Cc1cccnc1. The van der Waals surface area contributed by atoms with Gasteiger partial charge in [0.15, 0.2) is 9.84 Å². The molecular weight excluding hydrogens is 230 g/mol. The van der Waals surface area contributed by atoms with Gasteiger partial charge in [0.05, 0.1) is 17.4 Å². The van der Waals surface area contributed by atoms with E-state index >= 15 is 0 Å². The minimum atomic E-state index is -3.43. The second-order valence-electron chi connectivity index (χ2n) is 3.58. The molecule has 1 heterocycles. The first-order valence-electron chi connectivity index (χ1n) is 4.74. The fourth-order valence-corrected chi connectivity index (χ4v) is 2.55. The molecule has 16 heavy (non-hydrogen) atoms. The second kappa shape index (κ2) is 5.07. The maximum Gasteiger partial charge on any atom is 0.304 e. The summed E-state index contributed by atoms with van der Waals surface area (Å²) in [4.78, 5) is 14.2. The minimum absolute atomic E-state index is 0.171. The predicted octanol–water partition coefficient (Wildman–Crippen LogP) is 0.860. The molecule has 1 aromatic rings. The first-order valence-corrected chi connectivity index (χ1v) is 6.45. The molecule has 0 fully saturated rings. The van der Waals surface area contributed by atoms with Crippen LogP contribution < -0.4 is 0 Å². The maximum absolute atomic E-state index is 11.7. The third kappa shape index (κ3) is 3.62. The lowest BCUT2D eigenvalue weighted by molar-refractivity contribution is -0.136. The molecule has 5 nitrogen and oxygen atoms in total. The number of sulfone groups is 1. The Hall–Kier alpha value is -1.43. The number of rotatable bonds is 5. The van der Waals surface area contributed by atoms with Crippen LogP contribution in [0.25, 0.3) is 0 Å². The lowest BCUT2D eigenvalue weighted by Gasteiger charge is -2.10. The van der Waals surface area contributed by atoms with E-state index in [0.29, 0.717) is 5.56 Å². The Labute approximate surface area is 94.1 Å². The predicted molar refractivity (Wildman–Crippen MR) is 58.6 cm³/mol. The van der Waals surface area contributed by atoms with Crippen LogP contribution in [0.15, 0.2) is 24.5 Å². The zero-order chi connectivity index (χ0) is 12.2. The quantitative estimate of drug-likeness (QED) is 0.829. The number of carboxylic acids is 1. The fourth-order valence-electron chi connectivity index (χ4n) is 1.23. The van der Waals surface area contributed by atoms with Crippen LogP contribution in [0.3, 0.4) is 0 Å². The number of nitrogens with zero attached hydrogens (tertiary/aromatic N) is 1. The smallest absolute Gasteiger partial charge is 0.304 e. The molecule has 1 N–H and O–H groups in total. The summed E-state index contributed by atoms with van der Waals surface area (Å²) in [7, 11) is -3.43. The Kier molecular flexibility index (Phi) is 4.00. The summed E-state index contributed by atoms with van der Waals surface area (Å²) in [6.07, 6.45) is 2.64. The van der Waals surface area contributed by atoms with Gasteiger partial charge in [-0.15, -0.1) is 0 Å². The van der Waals surface area contributed by atoms with Crippen molar-refractivity contribution in [1.82, 2.24) is 4.98 Å². The summed E-state index contributed by atoms with van der Waals surface area (Å²) in [6, 6.07) is 3.30. The van der Waals surface area contributed by atoms with E-state index in [2.05, 4.69) is 4.98 Å². The van der Waals surface area contributed by atoms with Gasteiger partial charge in [-0.25, -0.2) is 8.42 Å². The standard InChI is InChI=1S/C10H13NO4S/c1-8(5-10(12)13)16(14,15)7-9-3-2-4-11-6-9/h2-4,6,8H,5,7H2,1H3,(H,12,13). The third-order valence-electron chi connectivity index (χ3n) is 2.17. The van der Waals surface area contributed by atoms with E-state index < -0.39 is 21.1 Å². The lowest BCUT2D eigenvalue weighted by atomic mass is 10.3. The van der Waals surface area contributed by atoms with Crippen molar-refractivity contribution < 1.29 is 18.3 Å². The molecule has 0 radical (unpaired) electrons. The van der Waals surface area contributed by atoms with Gasteiger partial charge < -0.3 is 5.11 Å². The number of pyridine rings is 1. The number of carboxylic acid groups (broad SMARTS) is 1. The first-order chi connectivity index (χ1) is 7.42. The highest BCUT2D eigenvalue weighted by atomic mass is 32.2. The Morgan fingerprint density at radius 1 is 1.56 bits per heavy atom. The average molecular weight is 243 g/mol. The Bertz CT molecular complexity index is 455. The first kappa shape index (κ1) is 12.6. The van der Waals surface area contributed by atoms with E-state index in [1.54, 1.807) is 18.3 Å². The van der Waals surface area contributed by atoms with Crippen molar-refractivity contribution in [3.63, 3.8) is 0 Å². The van der Waals surface area contributed by atoms with E-state index in [0.717, 1.165) is 0 Å². The van der Waals surface area contributed by atoms with Crippen molar-refractivity contribution in [3.8, 4) is 0 Å². The monoisotopic (exact) mass is 243 g/mol. The normalized spacial score (nSPS) is 13.3. The molecule has 0 saturated carbocycles. The second-order valence-corrected chi connectivity index (χ2v) is 6.00. The van der Waals surface area contributed by atoms with Crippen LogP contribution in [0.5, 0.6) is 0 Å². The highest BCUT2D eigenvalue weighted by Crippen LogP contribution is 2.12. The molecule has 0 aliphatic carbocycles. The highest BCUT2D eigenvalue weighted by Gasteiger charge is 2.23. The van der Waals surface area contributed by atoms with Gasteiger partial charge in [-0.2, -0.15) is 0 Å². The molecule has 0 amide bonds. The van der Waals surface area contributed by atoms with Gasteiger partial charge in [-0.1, -0.05) is 6.07 Å². The summed E-state index contributed by atoms with van der Waals surface area (Å²) >= 11 is 0. The van der Waals surface area contributed by atoms with E-state index in [-0.39, 0.29) is 12.2 Å².